The molecule has 0 radical (unpaired) electrons. The average Bonchev–Trinajstić information content (AvgIpc) is 2.90. The first-order chi connectivity index (χ1) is 12.8. The molecule has 1 N–H and O–H groups in total. The molecule has 0 atom stereocenters. The molecule has 2 amide bonds. The lowest BCUT2D eigenvalue weighted by Crippen LogP contribution is -2.39. The van der Waals surface area contributed by atoms with Crippen molar-refractivity contribution in [2.75, 3.05) is 50.8 Å². The fraction of sp³-hybridized carbons (Fsp3) is 0.632. The topological polar surface area (TPSA) is 74.8 Å². The molecular weight excluding hydrogens is 332 g/mol. The number of pyridine rings is 1. The molecule has 1 aromatic rings. The van der Waals surface area contributed by atoms with Gasteiger partial charge in [-0.3, -0.25) is 9.59 Å². The number of morpholine rings is 1. The Labute approximate surface area is 154 Å². The predicted octanol–water partition coefficient (Wildman–Crippen LogP) is 1.44. The van der Waals surface area contributed by atoms with E-state index in [9.17, 15) is 9.59 Å². The molecule has 0 saturated carbocycles. The fourth-order valence-corrected chi connectivity index (χ4v) is 3.44. The summed E-state index contributed by atoms with van der Waals surface area (Å²) in [6.45, 7) is 4.91. The summed E-state index contributed by atoms with van der Waals surface area (Å²) in [4.78, 5) is 33.0. The van der Waals surface area contributed by atoms with Crippen LogP contribution in [0.4, 0.5) is 5.82 Å². The molecule has 2 saturated heterocycles. The van der Waals surface area contributed by atoms with Gasteiger partial charge in [0.15, 0.2) is 0 Å². The van der Waals surface area contributed by atoms with E-state index in [-0.39, 0.29) is 11.8 Å². The molecule has 1 aromatic heterocycles. The van der Waals surface area contributed by atoms with Crippen molar-refractivity contribution in [3.63, 3.8) is 0 Å². The highest BCUT2D eigenvalue weighted by molar-refractivity contribution is 5.98. The second-order valence-corrected chi connectivity index (χ2v) is 6.77. The van der Waals surface area contributed by atoms with E-state index in [0.717, 1.165) is 51.1 Å². The lowest BCUT2D eigenvalue weighted by Gasteiger charge is -2.29. The van der Waals surface area contributed by atoms with Crippen LogP contribution in [-0.4, -0.2) is 67.6 Å². The predicted molar refractivity (Wildman–Crippen MR) is 99.3 cm³/mol. The zero-order valence-corrected chi connectivity index (χ0v) is 15.3. The normalized spacial score (nSPS) is 18.5. The van der Waals surface area contributed by atoms with Crippen molar-refractivity contribution in [2.45, 2.75) is 32.1 Å². The standard InChI is InChI=1S/C19H28N4O3/c24-17-7-2-1-3-10-22(17)11-5-9-21-19(25)16-6-4-8-20-18(16)23-12-14-26-15-13-23/h4,6,8H,1-3,5,7,9-15H2,(H,21,25). The zero-order chi connectivity index (χ0) is 18.2. The van der Waals surface area contributed by atoms with Crippen LogP contribution < -0.4 is 10.2 Å². The highest BCUT2D eigenvalue weighted by Crippen LogP contribution is 2.18. The second kappa shape index (κ2) is 9.52. The molecule has 7 heteroatoms. The van der Waals surface area contributed by atoms with E-state index in [1.54, 1.807) is 12.3 Å². The molecule has 0 aliphatic carbocycles. The van der Waals surface area contributed by atoms with Gasteiger partial charge >= 0.3 is 0 Å². The molecule has 142 valence electrons. The van der Waals surface area contributed by atoms with Gasteiger partial charge in [-0.1, -0.05) is 6.42 Å². The number of likely N-dealkylation sites (tertiary alicyclic amines) is 1. The van der Waals surface area contributed by atoms with Crippen LogP contribution in [0, 0.1) is 0 Å². The number of nitrogens with one attached hydrogen (secondary N) is 1. The molecule has 7 nitrogen and oxygen atoms in total. The van der Waals surface area contributed by atoms with Crippen LogP contribution >= 0.6 is 0 Å². The summed E-state index contributed by atoms with van der Waals surface area (Å²) >= 11 is 0. The van der Waals surface area contributed by atoms with E-state index in [1.165, 1.54) is 0 Å². The number of aromatic nitrogens is 1. The van der Waals surface area contributed by atoms with E-state index in [1.807, 2.05) is 11.0 Å². The van der Waals surface area contributed by atoms with E-state index in [0.29, 0.717) is 38.3 Å². The van der Waals surface area contributed by atoms with Crippen molar-refractivity contribution in [2.24, 2.45) is 0 Å². The van der Waals surface area contributed by atoms with Crippen molar-refractivity contribution in [1.29, 1.82) is 0 Å². The number of rotatable bonds is 6. The van der Waals surface area contributed by atoms with Crippen molar-refractivity contribution in [3.8, 4) is 0 Å². The van der Waals surface area contributed by atoms with Gasteiger partial charge in [-0.05, 0) is 31.4 Å². The molecule has 2 fully saturated rings. The first kappa shape index (κ1) is 18.6. The number of carbonyl (C=O) groups excluding carboxylic acids is 2. The Morgan fingerprint density at radius 3 is 2.88 bits per heavy atom. The molecule has 26 heavy (non-hydrogen) atoms. The van der Waals surface area contributed by atoms with Gasteiger partial charge in [-0.25, -0.2) is 4.98 Å². The van der Waals surface area contributed by atoms with Gasteiger partial charge in [0.25, 0.3) is 5.91 Å². The van der Waals surface area contributed by atoms with Crippen LogP contribution in [0.3, 0.4) is 0 Å². The highest BCUT2D eigenvalue weighted by atomic mass is 16.5. The van der Waals surface area contributed by atoms with Gasteiger partial charge in [0.2, 0.25) is 5.91 Å². The van der Waals surface area contributed by atoms with Gasteiger partial charge in [0.05, 0.1) is 18.8 Å². The fourth-order valence-electron chi connectivity index (χ4n) is 3.44. The van der Waals surface area contributed by atoms with Crippen LogP contribution in [0.2, 0.25) is 0 Å². The molecule has 0 aromatic carbocycles. The summed E-state index contributed by atoms with van der Waals surface area (Å²) in [6.07, 6.45) is 6.35. The number of anilines is 1. The maximum absolute atomic E-state index is 12.6. The number of ether oxygens (including phenoxy) is 1. The smallest absolute Gasteiger partial charge is 0.255 e. The van der Waals surface area contributed by atoms with Crippen LogP contribution in [0.5, 0.6) is 0 Å². The maximum atomic E-state index is 12.6. The number of carbonyl (C=O) groups is 2. The number of amides is 2. The quantitative estimate of drug-likeness (QED) is 0.777. The Morgan fingerprint density at radius 1 is 1.19 bits per heavy atom. The molecule has 0 unspecified atom stereocenters. The Hall–Kier alpha value is -2.15. The number of hydrogen-bond donors (Lipinski definition) is 1. The molecule has 3 rings (SSSR count). The third-order valence-corrected chi connectivity index (χ3v) is 4.90. The molecule has 0 bridgehead atoms. The zero-order valence-electron chi connectivity index (χ0n) is 15.3. The molecular formula is C19H28N4O3. The first-order valence-corrected chi connectivity index (χ1v) is 9.59. The summed E-state index contributed by atoms with van der Waals surface area (Å²) in [7, 11) is 0. The summed E-state index contributed by atoms with van der Waals surface area (Å²) in [5, 5.41) is 2.97. The lowest BCUT2D eigenvalue weighted by molar-refractivity contribution is -0.130. The van der Waals surface area contributed by atoms with Gasteiger partial charge in [0.1, 0.15) is 5.82 Å². The lowest BCUT2D eigenvalue weighted by atomic mass is 10.2. The minimum Gasteiger partial charge on any atom is -0.378 e. The van der Waals surface area contributed by atoms with Gasteiger partial charge in [-0.2, -0.15) is 0 Å². The molecule has 2 aliphatic rings. The van der Waals surface area contributed by atoms with Crippen LogP contribution in [-0.2, 0) is 9.53 Å². The Bertz CT molecular complexity index is 617. The Kier molecular flexibility index (Phi) is 6.82. The average molecular weight is 360 g/mol. The number of nitrogens with zero attached hydrogens (tertiary/aromatic N) is 3. The minimum atomic E-state index is -0.109. The second-order valence-electron chi connectivity index (χ2n) is 6.77. The van der Waals surface area contributed by atoms with Crippen LogP contribution in [0.25, 0.3) is 0 Å². The summed E-state index contributed by atoms with van der Waals surface area (Å²) < 4.78 is 5.37. The third-order valence-electron chi connectivity index (χ3n) is 4.90. The molecule has 0 spiro atoms. The van der Waals surface area contributed by atoms with Gasteiger partial charge < -0.3 is 19.9 Å². The van der Waals surface area contributed by atoms with E-state index < -0.39 is 0 Å². The third kappa shape index (κ3) is 4.94. The van der Waals surface area contributed by atoms with Crippen molar-refractivity contribution in [1.82, 2.24) is 15.2 Å². The summed E-state index contributed by atoms with van der Waals surface area (Å²) in [5.74, 6) is 0.855. The molecule has 3 heterocycles. The van der Waals surface area contributed by atoms with E-state index in [4.69, 9.17) is 4.74 Å². The maximum Gasteiger partial charge on any atom is 0.255 e. The Balaban J connectivity index is 1.50. The van der Waals surface area contributed by atoms with Gasteiger partial charge in [0, 0.05) is 45.3 Å². The molecule has 2 aliphatic heterocycles. The van der Waals surface area contributed by atoms with Crippen molar-refractivity contribution < 1.29 is 14.3 Å². The summed E-state index contributed by atoms with van der Waals surface area (Å²) in [5.41, 5.74) is 0.597. The van der Waals surface area contributed by atoms with E-state index in [2.05, 4.69) is 15.2 Å². The monoisotopic (exact) mass is 360 g/mol. The minimum absolute atomic E-state index is 0.109. The number of hydrogen-bond acceptors (Lipinski definition) is 5. The largest absolute Gasteiger partial charge is 0.378 e. The van der Waals surface area contributed by atoms with Crippen molar-refractivity contribution in [3.05, 3.63) is 23.9 Å². The first-order valence-electron chi connectivity index (χ1n) is 9.59. The van der Waals surface area contributed by atoms with Gasteiger partial charge in [-0.15, -0.1) is 0 Å². The Morgan fingerprint density at radius 2 is 2.04 bits per heavy atom. The SMILES string of the molecule is O=C(NCCCN1CCCCCC1=O)c1cccnc1N1CCOCC1. The van der Waals surface area contributed by atoms with Crippen molar-refractivity contribution >= 4 is 17.6 Å². The van der Waals surface area contributed by atoms with Crippen LogP contribution in [0.15, 0.2) is 18.3 Å². The highest BCUT2D eigenvalue weighted by Gasteiger charge is 2.20. The van der Waals surface area contributed by atoms with Crippen LogP contribution in [0.1, 0.15) is 42.5 Å². The van der Waals surface area contributed by atoms with E-state index >= 15 is 0 Å². The summed E-state index contributed by atoms with van der Waals surface area (Å²) in [6, 6.07) is 3.60.